The van der Waals surface area contributed by atoms with Crippen LogP contribution in [0.1, 0.15) is 516 Å². The highest BCUT2D eigenvalue weighted by Crippen LogP contribution is 2.45. The number of ether oxygens (including phenoxy) is 4. The molecule has 0 heterocycles. The number of hydrogen-bond acceptors (Lipinski definition) is 15. The van der Waals surface area contributed by atoms with Crippen LogP contribution in [0.3, 0.4) is 0 Å². The van der Waals surface area contributed by atoms with E-state index in [2.05, 4.69) is 27.7 Å². The van der Waals surface area contributed by atoms with E-state index in [1.54, 1.807) is 0 Å². The predicted molar refractivity (Wildman–Crippen MR) is 465 cm³/mol. The lowest BCUT2D eigenvalue weighted by Gasteiger charge is -2.21. The number of phosphoric ester groups is 2. The molecule has 0 aromatic rings. The van der Waals surface area contributed by atoms with Crippen molar-refractivity contribution in [2.75, 3.05) is 39.6 Å². The Morgan fingerprint density at radius 3 is 0.527 bits per heavy atom. The number of carbonyl (C=O) groups excluding carboxylic acids is 4. The lowest BCUT2D eigenvalue weighted by atomic mass is 10.0. The van der Waals surface area contributed by atoms with E-state index in [9.17, 15) is 43.2 Å². The molecule has 0 bridgehead atoms. The first-order chi connectivity index (χ1) is 54.7. The van der Waals surface area contributed by atoms with E-state index < -0.39 is 97.5 Å². The van der Waals surface area contributed by atoms with Crippen LogP contribution in [0.4, 0.5) is 0 Å². The smallest absolute Gasteiger partial charge is 0.462 e. The third kappa shape index (κ3) is 85.9. The largest absolute Gasteiger partial charge is 0.472 e. The molecule has 2 unspecified atom stereocenters. The molecule has 0 aliphatic rings. The molecule has 0 saturated heterocycles. The van der Waals surface area contributed by atoms with Crippen molar-refractivity contribution in [3.63, 3.8) is 0 Å². The normalized spacial score (nSPS) is 13.6. The Labute approximate surface area is 689 Å². The number of aliphatic hydroxyl groups excluding tert-OH is 1. The van der Waals surface area contributed by atoms with Crippen molar-refractivity contribution in [3.8, 4) is 0 Å². The second kappa shape index (κ2) is 86.9. The molecule has 19 heteroatoms. The summed E-state index contributed by atoms with van der Waals surface area (Å²) in [6, 6.07) is 0. The van der Waals surface area contributed by atoms with Gasteiger partial charge < -0.3 is 33.8 Å². The molecule has 0 radical (unpaired) electrons. The van der Waals surface area contributed by atoms with Crippen LogP contribution in [-0.4, -0.2) is 96.7 Å². The monoisotopic (exact) mass is 1630 g/mol. The zero-order chi connectivity index (χ0) is 81.7. The van der Waals surface area contributed by atoms with Crippen molar-refractivity contribution in [1.29, 1.82) is 0 Å². The quantitative estimate of drug-likeness (QED) is 0.0222. The fourth-order valence-corrected chi connectivity index (χ4v) is 16.3. The molecule has 5 atom stereocenters. The molecular weight excluding hydrogens is 1450 g/mol. The number of unbranched alkanes of at least 4 members (excludes halogenated alkanes) is 68. The highest BCUT2D eigenvalue weighted by atomic mass is 31.2. The number of hydrogen-bond donors (Lipinski definition) is 3. The summed E-state index contributed by atoms with van der Waals surface area (Å²) in [4.78, 5) is 73.5. The van der Waals surface area contributed by atoms with Crippen molar-refractivity contribution in [1.82, 2.24) is 0 Å². The van der Waals surface area contributed by atoms with Crippen molar-refractivity contribution in [3.05, 3.63) is 0 Å². The van der Waals surface area contributed by atoms with Crippen LogP contribution in [-0.2, 0) is 65.4 Å². The van der Waals surface area contributed by atoms with Gasteiger partial charge in [0.05, 0.1) is 26.4 Å². The van der Waals surface area contributed by atoms with Gasteiger partial charge in [0.2, 0.25) is 0 Å². The molecule has 3 N–H and O–H groups in total. The van der Waals surface area contributed by atoms with Crippen LogP contribution in [0.2, 0.25) is 0 Å². The number of phosphoric acid groups is 2. The standard InChI is InChI=1S/C93H182O17P2/c1-5-9-13-17-21-25-29-33-36-39-42-44-45-47-50-53-56-60-64-68-72-76-80-93(98)110-89(84-104-91(96)78-74-70-66-62-58-54-51-49-46-43-40-37-34-30-26-22-18-14-10-6-2)86-108-112(101,102)106-82-87(94)81-105-111(99,100)107-85-88(83-103-90(95)77-73-69-65-61-57-32-28-24-20-16-12-8-4)109-92(97)79-75-71-67-63-59-55-52-48-41-38-35-31-27-23-19-15-11-7-3/h87-89,94H,5-86H2,1-4H3,(H,99,100)(H,101,102)/t87-,88+,89+/m0/s1. The molecule has 0 saturated carbocycles. The fraction of sp³-hybridized carbons (Fsp3) is 0.957. The van der Waals surface area contributed by atoms with E-state index in [0.29, 0.717) is 25.7 Å². The Morgan fingerprint density at radius 1 is 0.214 bits per heavy atom. The summed E-state index contributed by atoms with van der Waals surface area (Å²) < 4.78 is 69.1. The number of rotatable bonds is 94. The van der Waals surface area contributed by atoms with Crippen LogP contribution in [0.25, 0.3) is 0 Å². The molecule has 0 amide bonds. The van der Waals surface area contributed by atoms with Gasteiger partial charge in [0, 0.05) is 25.7 Å². The second-order valence-electron chi connectivity index (χ2n) is 33.4. The summed E-state index contributed by atoms with van der Waals surface area (Å²) in [7, 11) is -9.94. The maximum Gasteiger partial charge on any atom is 0.472 e. The maximum absolute atomic E-state index is 13.2. The van der Waals surface area contributed by atoms with Crippen LogP contribution in [0.15, 0.2) is 0 Å². The zero-order valence-corrected chi connectivity index (χ0v) is 75.5. The Kier molecular flexibility index (Phi) is 85.4. The first kappa shape index (κ1) is 110. The Morgan fingerprint density at radius 2 is 0.357 bits per heavy atom. The highest BCUT2D eigenvalue weighted by Gasteiger charge is 2.31. The van der Waals surface area contributed by atoms with Gasteiger partial charge in [-0.1, -0.05) is 464 Å². The van der Waals surface area contributed by atoms with Gasteiger partial charge in [0.25, 0.3) is 0 Å². The van der Waals surface area contributed by atoms with E-state index in [-0.39, 0.29) is 25.7 Å². The first-order valence-corrected chi connectivity index (χ1v) is 51.3. The van der Waals surface area contributed by atoms with E-state index in [1.165, 1.54) is 347 Å². The molecule has 0 aliphatic carbocycles. The molecule has 0 fully saturated rings. The summed E-state index contributed by atoms with van der Waals surface area (Å²) in [5, 5.41) is 10.7. The topological polar surface area (TPSA) is 237 Å². The third-order valence-corrected chi connectivity index (χ3v) is 24.0. The second-order valence-corrected chi connectivity index (χ2v) is 36.3. The van der Waals surface area contributed by atoms with Gasteiger partial charge in [-0.2, -0.15) is 0 Å². The van der Waals surface area contributed by atoms with Gasteiger partial charge in [0.15, 0.2) is 12.2 Å². The average molecular weight is 1630 g/mol. The Bertz CT molecular complexity index is 2100. The summed E-state index contributed by atoms with van der Waals surface area (Å²) in [5.74, 6) is -2.09. The zero-order valence-electron chi connectivity index (χ0n) is 73.7. The first-order valence-electron chi connectivity index (χ1n) is 48.3. The maximum atomic E-state index is 13.2. The summed E-state index contributed by atoms with van der Waals surface area (Å²) >= 11 is 0. The van der Waals surface area contributed by atoms with Gasteiger partial charge >= 0.3 is 39.5 Å². The van der Waals surface area contributed by atoms with Gasteiger partial charge in [-0.05, 0) is 25.7 Å². The SMILES string of the molecule is CCCCCCCCCCCCCCCCCCCCCCCCC(=O)O[C@H](COC(=O)CCCCCCCCCCCCCCCCCCCCCC)COP(=O)(O)OC[C@@H](O)COP(=O)(O)OC[C@@H](COC(=O)CCCCCCCCCCCCCC)OC(=O)CCCCCCCCCCCCCCCCCCCC. The van der Waals surface area contributed by atoms with Crippen molar-refractivity contribution in [2.24, 2.45) is 0 Å². The third-order valence-electron chi connectivity index (χ3n) is 22.1. The molecule has 666 valence electrons. The van der Waals surface area contributed by atoms with Gasteiger partial charge in [-0.15, -0.1) is 0 Å². The average Bonchev–Trinajstić information content (AvgIpc) is 0.903. The lowest BCUT2D eigenvalue weighted by Crippen LogP contribution is -2.30. The van der Waals surface area contributed by atoms with Gasteiger partial charge in [0.1, 0.15) is 19.3 Å². The van der Waals surface area contributed by atoms with E-state index in [0.717, 1.165) is 89.9 Å². The Balaban J connectivity index is 5.23. The van der Waals surface area contributed by atoms with E-state index in [4.69, 9.17) is 37.0 Å². The summed E-state index contributed by atoms with van der Waals surface area (Å²) in [5.41, 5.74) is 0. The van der Waals surface area contributed by atoms with Crippen LogP contribution in [0, 0.1) is 0 Å². The number of esters is 4. The molecule has 0 aromatic heterocycles. The number of aliphatic hydroxyl groups is 1. The molecule has 112 heavy (non-hydrogen) atoms. The summed E-state index contributed by atoms with van der Waals surface area (Å²) in [6.07, 6.45) is 84.9. The van der Waals surface area contributed by atoms with Crippen LogP contribution in [0.5, 0.6) is 0 Å². The Hall–Kier alpha value is -1.94. The van der Waals surface area contributed by atoms with Gasteiger partial charge in [-0.3, -0.25) is 37.3 Å². The number of carbonyl (C=O) groups is 4. The van der Waals surface area contributed by atoms with Gasteiger partial charge in [-0.25, -0.2) is 9.13 Å². The van der Waals surface area contributed by atoms with Crippen molar-refractivity contribution >= 4 is 39.5 Å². The predicted octanol–water partition coefficient (Wildman–Crippen LogP) is 29.3. The van der Waals surface area contributed by atoms with Crippen LogP contribution < -0.4 is 0 Å². The van der Waals surface area contributed by atoms with Crippen molar-refractivity contribution in [2.45, 2.75) is 534 Å². The van der Waals surface area contributed by atoms with Crippen LogP contribution >= 0.6 is 15.6 Å². The molecule has 0 rings (SSSR count). The molecular formula is C93H182O17P2. The highest BCUT2D eigenvalue weighted by molar-refractivity contribution is 7.47. The molecule has 0 spiro atoms. The fourth-order valence-electron chi connectivity index (χ4n) is 14.8. The molecule has 0 aliphatic heterocycles. The minimum absolute atomic E-state index is 0.110. The van der Waals surface area contributed by atoms with Crippen molar-refractivity contribution < 1.29 is 80.2 Å². The van der Waals surface area contributed by atoms with E-state index in [1.807, 2.05) is 0 Å². The lowest BCUT2D eigenvalue weighted by molar-refractivity contribution is -0.161. The minimum atomic E-state index is -4.97. The molecule has 0 aromatic carbocycles. The minimum Gasteiger partial charge on any atom is -0.462 e. The van der Waals surface area contributed by atoms with E-state index >= 15 is 0 Å². The molecule has 17 nitrogen and oxygen atoms in total. The summed E-state index contributed by atoms with van der Waals surface area (Å²) in [6.45, 7) is 5.10.